The predicted molar refractivity (Wildman–Crippen MR) is 74.2 cm³/mol. The molecule has 1 heterocycles. The lowest BCUT2D eigenvalue weighted by molar-refractivity contribution is 0.347. The van der Waals surface area contributed by atoms with Crippen LogP contribution in [0.15, 0.2) is 18.9 Å². The van der Waals surface area contributed by atoms with E-state index < -0.39 is 0 Å². The molecular weight excluding hydrogens is 232 g/mol. The molecule has 0 radical (unpaired) electrons. The average molecular weight is 254 g/mol. The van der Waals surface area contributed by atoms with E-state index in [9.17, 15) is 0 Å². The molecule has 5 heteroatoms. The Morgan fingerprint density at radius 2 is 2.29 bits per heavy atom. The monoisotopic (exact) mass is 254 g/mol. The summed E-state index contributed by atoms with van der Waals surface area (Å²) in [5.41, 5.74) is 0.999. The molecule has 0 bridgehead atoms. The van der Waals surface area contributed by atoms with E-state index >= 15 is 0 Å². The zero-order chi connectivity index (χ0) is 12.7. The van der Waals surface area contributed by atoms with Crippen LogP contribution in [-0.4, -0.2) is 33.0 Å². The third-order valence-electron chi connectivity index (χ3n) is 2.19. The SMILES string of the molecule is C=CCSCCNCc1cn(C(C)(C)C)nn1. The van der Waals surface area contributed by atoms with Crippen LogP contribution in [0.2, 0.25) is 0 Å². The molecule has 96 valence electrons. The van der Waals surface area contributed by atoms with Crippen molar-refractivity contribution in [3.05, 3.63) is 24.5 Å². The van der Waals surface area contributed by atoms with E-state index in [0.29, 0.717) is 0 Å². The molecule has 0 unspecified atom stereocenters. The smallest absolute Gasteiger partial charge is 0.0965 e. The van der Waals surface area contributed by atoms with Crippen molar-refractivity contribution in [2.45, 2.75) is 32.9 Å². The van der Waals surface area contributed by atoms with Crippen LogP contribution in [-0.2, 0) is 12.1 Å². The second-order valence-corrected chi connectivity index (χ2v) is 6.02. The normalized spacial score (nSPS) is 11.7. The van der Waals surface area contributed by atoms with E-state index in [2.05, 4.69) is 43.0 Å². The molecule has 17 heavy (non-hydrogen) atoms. The first-order valence-electron chi connectivity index (χ1n) is 5.85. The molecule has 0 aliphatic carbocycles. The third-order valence-corrected chi connectivity index (χ3v) is 3.16. The maximum Gasteiger partial charge on any atom is 0.0965 e. The van der Waals surface area contributed by atoms with Crippen LogP contribution in [0.4, 0.5) is 0 Å². The molecule has 1 N–H and O–H groups in total. The molecule has 0 amide bonds. The fraction of sp³-hybridized carbons (Fsp3) is 0.667. The number of aromatic nitrogens is 3. The fourth-order valence-electron chi connectivity index (χ4n) is 1.23. The zero-order valence-electron chi connectivity index (χ0n) is 10.9. The van der Waals surface area contributed by atoms with E-state index in [1.165, 1.54) is 0 Å². The number of hydrogen-bond donors (Lipinski definition) is 1. The molecule has 0 saturated heterocycles. The molecule has 1 rings (SSSR count). The molecule has 0 fully saturated rings. The molecule has 4 nitrogen and oxygen atoms in total. The van der Waals surface area contributed by atoms with Crippen molar-refractivity contribution in [1.29, 1.82) is 0 Å². The minimum atomic E-state index is 0.00502. The third kappa shape index (κ3) is 5.37. The fourth-order valence-corrected chi connectivity index (χ4v) is 1.86. The Labute approximate surface area is 108 Å². The van der Waals surface area contributed by atoms with Gasteiger partial charge in [-0.15, -0.1) is 11.7 Å². The summed E-state index contributed by atoms with van der Waals surface area (Å²) in [5, 5.41) is 11.6. The van der Waals surface area contributed by atoms with Crippen molar-refractivity contribution < 1.29 is 0 Å². The summed E-state index contributed by atoms with van der Waals surface area (Å²) < 4.78 is 1.90. The van der Waals surface area contributed by atoms with Gasteiger partial charge < -0.3 is 5.32 Å². The molecule has 0 aliphatic rings. The van der Waals surface area contributed by atoms with Gasteiger partial charge in [0.05, 0.1) is 17.4 Å². The molecule has 1 aromatic heterocycles. The van der Waals surface area contributed by atoms with Crippen LogP contribution in [0.5, 0.6) is 0 Å². The topological polar surface area (TPSA) is 42.7 Å². The van der Waals surface area contributed by atoms with Crippen LogP contribution >= 0.6 is 11.8 Å². The van der Waals surface area contributed by atoms with E-state index in [-0.39, 0.29) is 5.54 Å². The molecule has 0 aliphatic heterocycles. The molecule has 0 aromatic carbocycles. The van der Waals surface area contributed by atoms with E-state index in [4.69, 9.17) is 0 Å². The van der Waals surface area contributed by atoms with E-state index in [0.717, 1.165) is 30.3 Å². The maximum absolute atomic E-state index is 4.14. The van der Waals surface area contributed by atoms with Crippen molar-refractivity contribution in [1.82, 2.24) is 20.3 Å². The van der Waals surface area contributed by atoms with Crippen molar-refractivity contribution in [3.63, 3.8) is 0 Å². The second-order valence-electron chi connectivity index (χ2n) is 4.87. The summed E-state index contributed by atoms with van der Waals surface area (Å²) in [6.45, 7) is 11.8. The lowest BCUT2D eigenvalue weighted by atomic mass is 10.1. The van der Waals surface area contributed by atoms with Crippen LogP contribution < -0.4 is 5.32 Å². The van der Waals surface area contributed by atoms with E-state index in [1.54, 1.807) is 0 Å². The lowest BCUT2D eigenvalue weighted by Gasteiger charge is -2.17. The van der Waals surface area contributed by atoms with Crippen molar-refractivity contribution in [2.75, 3.05) is 18.1 Å². The number of nitrogens with one attached hydrogen (secondary N) is 1. The summed E-state index contributed by atoms with van der Waals surface area (Å²) in [4.78, 5) is 0. The Bertz CT molecular complexity index is 341. The highest BCUT2D eigenvalue weighted by Gasteiger charge is 2.14. The maximum atomic E-state index is 4.14. The Morgan fingerprint density at radius 3 is 2.88 bits per heavy atom. The molecule has 1 aromatic rings. The second kappa shape index (κ2) is 6.81. The molecular formula is C12H22N4S. The zero-order valence-corrected chi connectivity index (χ0v) is 11.8. The van der Waals surface area contributed by atoms with Crippen LogP contribution in [0, 0.1) is 0 Å². The van der Waals surface area contributed by atoms with Gasteiger partial charge in [-0.2, -0.15) is 11.8 Å². The highest BCUT2D eigenvalue weighted by molar-refractivity contribution is 7.99. The quantitative estimate of drug-likeness (QED) is 0.597. The number of thioether (sulfide) groups is 1. The summed E-state index contributed by atoms with van der Waals surface area (Å²) in [7, 11) is 0. The summed E-state index contributed by atoms with van der Waals surface area (Å²) in [6.07, 6.45) is 3.93. The Kier molecular flexibility index (Phi) is 5.71. The first-order valence-corrected chi connectivity index (χ1v) is 7.00. The van der Waals surface area contributed by atoms with Crippen molar-refractivity contribution >= 4 is 11.8 Å². The molecule has 0 spiro atoms. The van der Waals surface area contributed by atoms with Gasteiger partial charge in [0, 0.05) is 24.6 Å². The number of rotatable bonds is 7. The van der Waals surface area contributed by atoms with Gasteiger partial charge in [-0.25, -0.2) is 4.68 Å². The van der Waals surface area contributed by atoms with Gasteiger partial charge in [0.1, 0.15) is 0 Å². The van der Waals surface area contributed by atoms with Gasteiger partial charge in [-0.1, -0.05) is 11.3 Å². The summed E-state index contributed by atoms with van der Waals surface area (Å²) in [5.74, 6) is 2.11. The predicted octanol–water partition coefficient (Wildman–Crippen LogP) is 2.04. The number of hydrogen-bond acceptors (Lipinski definition) is 4. The van der Waals surface area contributed by atoms with Crippen LogP contribution in [0.25, 0.3) is 0 Å². The van der Waals surface area contributed by atoms with Gasteiger partial charge in [0.25, 0.3) is 0 Å². The Morgan fingerprint density at radius 1 is 1.53 bits per heavy atom. The first kappa shape index (κ1) is 14.3. The van der Waals surface area contributed by atoms with Gasteiger partial charge in [-0.05, 0) is 20.8 Å². The lowest BCUT2D eigenvalue weighted by Crippen LogP contribution is -2.22. The van der Waals surface area contributed by atoms with E-state index in [1.807, 2.05) is 28.7 Å². The van der Waals surface area contributed by atoms with Crippen LogP contribution in [0.1, 0.15) is 26.5 Å². The highest BCUT2D eigenvalue weighted by Crippen LogP contribution is 2.11. The van der Waals surface area contributed by atoms with Crippen molar-refractivity contribution in [2.24, 2.45) is 0 Å². The van der Waals surface area contributed by atoms with Gasteiger partial charge in [0.2, 0.25) is 0 Å². The minimum absolute atomic E-state index is 0.00502. The average Bonchev–Trinajstić information content (AvgIpc) is 2.71. The van der Waals surface area contributed by atoms with Crippen molar-refractivity contribution in [3.8, 4) is 0 Å². The highest BCUT2D eigenvalue weighted by atomic mass is 32.2. The van der Waals surface area contributed by atoms with Gasteiger partial charge in [-0.3, -0.25) is 0 Å². The Hall–Kier alpha value is -0.810. The van der Waals surface area contributed by atoms with Gasteiger partial charge in [0.15, 0.2) is 0 Å². The molecule has 0 saturated carbocycles. The minimum Gasteiger partial charge on any atom is -0.310 e. The summed E-state index contributed by atoms with van der Waals surface area (Å²) >= 11 is 1.88. The number of nitrogens with zero attached hydrogens (tertiary/aromatic N) is 3. The largest absolute Gasteiger partial charge is 0.310 e. The summed E-state index contributed by atoms with van der Waals surface area (Å²) in [6, 6.07) is 0. The van der Waals surface area contributed by atoms with Gasteiger partial charge >= 0.3 is 0 Å². The Balaban J connectivity index is 2.24. The first-order chi connectivity index (χ1) is 8.04. The van der Waals surface area contributed by atoms with Crippen LogP contribution in [0.3, 0.4) is 0 Å². The molecule has 0 atom stereocenters. The standard InChI is InChI=1S/C12H22N4S/c1-5-7-17-8-6-13-9-11-10-16(15-14-11)12(2,3)4/h5,10,13H,1,6-9H2,2-4H3.